The van der Waals surface area contributed by atoms with Gasteiger partial charge in [0.2, 0.25) is 0 Å². The molecule has 0 N–H and O–H groups in total. The maximum atomic E-state index is 11.5. The number of esters is 1. The van der Waals surface area contributed by atoms with Crippen molar-refractivity contribution in [2.75, 3.05) is 13.2 Å². The quantitative estimate of drug-likeness (QED) is 0.429. The molecule has 100 valence electrons. The van der Waals surface area contributed by atoms with E-state index in [0.717, 1.165) is 6.42 Å². The van der Waals surface area contributed by atoms with Gasteiger partial charge in [-0.05, 0) is 32.6 Å². The lowest BCUT2D eigenvalue weighted by atomic mass is 9.88. The van der Waals surface area contributed by atoms with Crippen molar-refractivity contribution in [2.24, 2.45) is 15.8 Å². The molecular weight excluding hydrogens is 214 g/mol. The summed E-state index contributed by atoms with van der Waals surface area (Å²) in [4.78, 5) is 16.0. The molecule has 3 nitrogen and oxygen atoms in total. The lowest BCUT2D eigenvalue weighted by molar-refractivity contribution is -0.152. The van der Waals surface area contributed by atoms with E-state index in [1.54, 1.807) is 0 Å². The summed E-state index contributed by atoms with van der Waals surface area (Å²) in [6, 6.07) is 0. The Morgan fingerprint density at radius 3 is 1.94 bits per heavy atom. The van der Waals surface area contributed by atoms with E-state index in [1.807, 2.05) is 20.8 Å². The van der Waals surface area contributed by atoms with Crippen molar-refractivity contribution in [2.45, 2.75) is 54.9 Å². The van der Waals surface area contributed by atoms with Gasteiger partial charge in [0.25, 0.3) is 0 Å². The van der Waals surface area contributed by atoms with E-state index in [-0.39, 0.29) is 11.4 Å². The lowest BCUT2D eigenvalue weighted by Crippen LogP contribution is -2.25. The summed E-state index contributed by atoms with van der Waals surface area (Å²) >= 11 is 0. The average molecular weight is 241 g/mol. The van der Waals surface area contributed by atoms with Gasteiger partial charge in [0.15, 0.2) is 0 Å². The molecule has 17 heavy (non-hydrogen) atoms. The van der Waals surface area contributed by atoms with Gasteiger partial charge in [-0.2, -0.15) is 0 Å². The standard InChI is InChI=1S/C14H27NO2/c1-8-11(13(2,3)4)15-9-10-17-12(16)14(5,6)7/h8-10H2,1-7H3/b15-11-. The molecule has 0 saturated heterocycles. The highest BCUT2D eigenvalue weighted by molar-refractivity contribution is 5.89. The molecule has 0 unspecified atom stereocenters. The molecule has 0 aliphatic rings. The third-order valence-corrected chi connectivity index (χ3v) is 2.44. The molecule has 3 heteroatoms. The van der Waals surface area contributed by atoms with Crippen molar-refractivity contribution in [1.82, 2.24) is 0 Å². The molecule has 0 aliphatic carbocycles. The van der Waals surface area contributed by atoms with Crippen LogP contribution < -0.4 is 0 Å². The van der Waals surface area contributed by atoms with Crippen molar-refractivity contribution in [3.63, 3.8) is 0 Å². The first kappa shape index (κ1) is 16.1. The molecule has 0 rings (SSSR count). The number of nitrogens with zero attached hydrogens (tertiary/aromatic N) is 1. The third kappa shape index (κ3) is 6.44. The molecule has 0 aromatic rings. The average Bonchev–Trinajstić information content (AvgIpc) is 2.13. The van der Waals surface area contributed by atoms with E-state index in [2.05, 4.69) is 32.7 Å². The molecule has 0 amide bonds. The molecule has 0 saturated carbocycles. The van der Waals surface area contributed by atoms with E-state index in [0.29, 0.717) is 13.2 Å². The molecule has 0 heterocycles. The van der Waals surface area contributed by atoms with E-state index in [1.165, 1.54) is 5.71 Å². The highest BCUT2D eigenvalue weighted by Gasteiger charge is 2.22. The highest BCUT2D eigenvalue weighted by Crippen LogP contribution is 2.18. The fraction of sp³-hybridized carbons (Fsp3) is 0.857. The van der Waals surface area contributed by atoms with Gasteiger partial charge in [0.1, 0.15) is 6.61 Å². The Morgan fingerprint density at radius 2 is 1.59 bits per heavy atom. The van der Waals surface area contributed by atoms with Crippen LogP contribution in [0.3, 0.4) is 0 Å². The molecule has 0 aromatic carbocycles. The number of carbonyl (C=O) groups excluding carboxylic acids is 1. The van der Waals surface area contributed by atoms with E-state index in [9.17, 15) is 4.79 Å². The van der Waals surface area contributed by atoms with Gasteiger partial charge >= 0.3 is 5.97 Å². The monoisotopic (exact) mass is 241 g/mol. The molecule has 0 aromatic heterocycles. The zero-order valence-electron chi connectivity index (χ0n) is 12.4. The number of hydrogen-bond acceptors (Lipinski definition) is 3. The minimum atomic E-state index is -0.429. The Kier molecular flexibility index (Phi) is 5.86. The number of hydrogen-bond donors (Lipinski definition) is 0. The van der Waals surface area contributed by atoms with Crippen LogP contribution in [0.4, 0.5) is 0 Å². The highest BCUT2D eigenvalue weighted by atomic mass is 16.5. The number of rotatable bonds is 4. The Hall–Kier alpha value is -0.860. The predicted octanol–water partition coefficient (Wildman–Crippen LogP) is 3.47. The topological polar surface area (TPSA) is 38.7 Å². The van der Waals surface area contributed by atoms with Gasteiger partial charge in [-0.25, -0.2) is 0 Å². The number of carbonyl (C=O) groups is 1. The summed E-state index contributed by atoms with van der Waals surface area (Å²) < 4.78 is 5.17. The summed E-state index contributed by atoms with van der Waals surface area (Å²) in [7, 11) is 0. The van der Waals surface area contributed by atoms with Crippen LogP contribution >= 0.6 is 0 Å². The van der Waals surface area contributed by atoms with Crippen LogP contribution in [0.2, 0.25) is 0 Å². The zero-order valence-corrected chi connectivity index (χ0v) is 12.4. The molecule has 0 atom stereocenters. The molecule has 0 aliphatic heterocycles. The Bertz CT molecular complexity index is 280. The van der Waals surface area contributed by atoms with Gasteiger partial charge in [-0.3, -0.25) is 9.79 Å². The largest absolute Gasteiger partial charge is 0.463 e. The minimum Gasteiger partial charge on any atom is -0.463 e. The fourth-order valence-corrected chi connectivity index (χ4v) is 1.41. The lowest BCUT2D eigenvalue weighted by Gasteiger charge is -2.21. The van der Waals surface area contributed by atoms with Gasteiger partial charge in [0.05, 0.1) is 12.0 Å². The summed E-state index contributed by atoms with van der Waals surface area (Å²) in [5.41, 5.74) is 0.841. The Balaban J connectivity index is 4.15. The predicted molar refractivity (Wildman–Crippen MR) is 72.5 cm³/mol. The Labute approximate surface area is 106 Å². The Morgan fingerprint density at radius 1 is 1.06 bits per heavy atom. The van der Waals surface area contributed by atoms with Crippen LogP contribution in [0.25, 0.3) is 0 Å². The maximum Gasteiger partial charge on any atom is 0.311 e. The first-order valence-corrected chi connectivity index (χ1v) is 6.30. The molecule has 0 spiro atoms. The minimum absolute atomic E-state index is 0.1000. The van der Waals surface area contributed by atoms with Crippen LogP contribution in [0.1, 0.15) is 54.9 Å². The van der Waals surface area contributed by atoms with Crippen molar-refractivity contribution in [3.05, 3.63) is 0 Å². The normalized spacial score (nSPS) is 13.7. The number of aliphatic imine (C=N–C) groups is 1. The summed E-state index contributed by atoms with van der Waals surface area (Å²) in [5, 5.41) is 0. The third-order valence-electron chi connectivity index (χ3n) is 2.44. The molecule has 0 bridgehead atoms. The van der Waals surface area contributed by atoms with Crippen molar-refractivity contribution >= 4 is 11.7 Å². The summed E-state index contributed by atoms with van der Waals surface area (Å²) in [5.74, 6) is -0.165. The molecular formula is C14H27NO2. The van der Waals surface area contributed by atoms with Crippen LogP contribution in [0.15, 0.2) is 4.99 Å². The van der Waals surface area contributed by atoms with E-state index >= 15 is 0 Å². The van der Waals surface area contributed by atoms with Crippen LogP contribution in [-0.2, 0) is 9.53 Å². The summed E-state index contributed by atoms with van der Waals surface area (Å²) in [6.45, 7) is 15.0. The summed E-state index contributed by atoms with van der Waals surface area (Å²) in [6.07, 6.45) is 0.941. The molecule has 0 radical (unpaired) electrons. The van der Waals surface area contributed by atoms with Crippen LogP contribution in [0, 0.1) is 10.8 Å². The van der Waals surface area contributed by atoms with Gasteiger partial charge in [-0.15, -0.1) is 0 Å². The fourth-order valence-electron chi connectivity index (χ4n) is 1.41. The van der Waals surface area contributed by atoms with Crippen LogP contribution in [0.5, 0.6) is 0 Å². The van der Waals surface area contributed by atoms with E-state index in [4.69, 9.17) is 4.74 Å². The SMILES string of the molecule is CC/C(=N/CCOC(=O)C(C)(C)C)C(C)(C)C. The smallest absolute Gasteiger partial charge is 0.311 e. The van der Waals surface area contributed by atoms with Crippen molar-refractivity contribution < 1.29 is 9.53 Å². The van der Waals surface area contributed by atoms with Gasteiger partial charge in [0, 0.05) is 5.71 Å². The molecule has 0 fully saturated rings. The van der Waals surface area contributed by atoms with Crippen molar-refractivity contribution in [1.29, 1.82) is 0 Å². The second-order valence-corrected chi connectivity index (χ2v) is 6.32. The second kappa shape index (κ2) is 6.18. The van der Waals surface area contributed by atoms with Gasteiger partial charge in [-0.1, -0.05) is 27.7 Å². The zero-order chi connectivity index (χ0) is 13.7. The van der Waals surface area contributed by atoms with E-state index < -0.39 is 5.41 Å². The first-order valence-electron chi connectivity index (χ1n) is 6.30. The maximum absolute atomic E-state index is 11.5. The van der Waals surface area contributed by atoms with Crippen molar-refractivity contribution in [3.8, 4) is 0 Å². The number of ether oxygens (including phenoxy) is 1. The van der Waals surface area contributed by atoms with Gasteiger partial charge < -0.3 is 4.74 Å². The van der Waals surface area contributed by atoms with Crippen LogP contribution in [-0.4, -0.2) is 24.8 Å². The first-order chi connectivity index (χ1) is 7.59. The second-order valence-electron chi connectivity index (χ2n) is 6.32.